The minimum Gasteiger partial charge on any atom is -0.480 e. The van der Waals surface area contributed by atoms with E-state index in [9.17, 15) is 9.90 Å². The number of benzene rings is 2. The van der Waals surface area contributed by atoms with Crippen molar-refractivity contribution in [2.75, 3.05) is 25.0 Å². The van der Waals surface area contributed by atoms with E-state index >= 15 is 0 Å². The number of hydrogen-bond donors (Lipinski definition) is 1. The van der Waals surface area contributed by atoms with Crippen LogP contribution in [0.25, 0.3) is 11.3 Å². The number of carboxylic acids is 1. The van der Waals surface area contributed by atoms with Crippen LogP contribution < -0.4 is 4.90 Å². The average Bonchev–Trinajstić information content (AvgIpc) is 3.26. The topological polar surface area (TPSA) is 56.7 Å². The van der Waals surface area contributed by atoms with Crippen molar-refractivity contribution in [2.24, 2.45) is 11.8 Å². The molecule has 0 amide bonds. The Morgan fingerprint density at radius 2 is 1.60 bits per heavy atom. The molecular formula is C29H39N3O2S. The largest absolute Gasteiger partial charge is 0.480 e. The van der Waals surface area contributed by atoms with Crippen LogP contribution in [-0.2, 0) is 24.3 Å². The van der Waals surface area contributed by atoms with E-state index in [1.807, 2.05) is 4.90 Å². The van der Waals surface area contributed by atoms with Gasteiger partial charge in [-0.3, -0.25) is 9.69 Å². The molecule has 188 valence electrons. The van der Waals surface area contributed by atoms with Gasteiger partial charge in [-0.1, -0.05) is 64.1 Å². The van der Waals surface area contributed by atoms with Crippen LogP contribution in [0.4, 0.5) is 5.69 Å². The Morgan fingerprint density at radius 3 is 2.20 bits per heavy atom. The molecule has 1 N–H and O–H groups in total. The third-order valence-electron chi connectivity index (χ3n) is 5.98. The standard InChI is InChI=1S/C29H39N3O2S/c1-21(2)14-15-32(19-29(33)34)18-28-30-27(20-35-28)25-10-12-26(13-11-25)31(5)17-24-8-6-23(7-9-24)16-22(3)4/h6-13,20-22H,14-19H2,1-5H3,(H,33,34). The van der Waals surface area contributed by atoms with Crippen LogP contribution in [0.3, 0.4) is 0 Å². The molecule has 1 heterocycles. The van der Waals surface area contributed by atoms with E-state index in [2.05, 4.69) is 93.6 Å². The summed E-state index contributed by atoms with van der Waals surface area (Å²) in [6.45, 7) is 11.1. The highest BCUT2D eigenvalue weighted by Gasteiger charge is 2.14. The van der Waals surface area contributed by atoms with Crippen molar-refractivity contribution in [2.45, 2.75) is 53.6 Å². The molecule has 0 unspecified atom stereocenters. The van der Waals surface area contributed by atoms with Crippen LogP contribution >= 0.6 is 11.3 Å². The maximum Gasteiger partial charge on any atom is 0.317 e. The molecule has 35 heavy (non-hydrogen) atoms. The molecule has 5 nitrogen and oxygen atoms in total. The van der Waals surface area contributed by atoms with Gasteiger partial charge in [0, 0.05) is 30.2 Å². The zero-order valence-electron chi connectivity index (χ0n) is 21.7. The van der Waals surface area contributed by atoms with Crippen molar-refractivity contribution < 1.29 is 9.90 Å². The first kappa shape index (κ1) is 26.9. The number of nitrogens with zero attached hydrogens (tertiary/aromatic N) is 3. The summed E-state index contributed by atoms with van der Waals surface area (Å²) in [6, 6.07) is 17.5. The Balaban J connectivity index is 1.60. The summed E-state index contributed by atoms with van der Waals surface area (Å²) in [7, 11) is 2.12. The average molecular weight is 494 g/mol. The molecule has 0 spiro atoms. The fourth-order valence-corrected chi connectivity index (χ4v) is 4.90. The molecule has 3 aromatic rings. The second-order valence-electron chi connectivity index (χ2n) is 10.2. The van der Waals surface area contributed by atoms with Crippen LogP contribution in [0.5, 0.6) is 0 Å². The maximum absolute atomic E-state index is 11.3. The highest BCUT2D eigenvalue weighted by molar-refractivity contribution is 7.09. The van der Waals surface area contributed by atoms with E-state index in [-0.39, 0.29) is 6.54 Å². The summed E-state index contributed by atoms with van der Waals surface area (Å²) < 4.78 is 0. The Hall–Kier alpha value is -2.70. The lowest BCUT2D eigenvalue weighted by Gasteiger charge is -2.20. The summed E-state index contributed by atoms with van der Waals surface area (Å²) >= 11 is 1.59. The predicted octanol–water partition coefficient (Wildman–Crippen LogP) is 6.58. The smallest absolute Gasteiger partial charge is 0.317 e. The van der Waals surface area contributed by atoms with Crippen LogP contribution in [0, 0.1) is 11.8 Å². The fraction of sp³-hybridized carbons (Fsp3) is 0.448. The molecule has 0 fully saturated rings. The summed E-state index contributed by atoms with van der Waals surface area (Å²) in [5.41, 5.74) is 5.88. The molecule has 0 aliphatic rings. The van der Waals surface area contributed by atoms with Gasteiger partial charge in [0.2, 0.25) is 0 Å². The third kappa shape index (κ3) is 8.79. The quantitative estimate of drug-likeness (QED) is 0.291. The van der Waals surface area contributed by atoms with E-state index < -0.39 is 5.97 Å². The van der Waals surface area contributed by atoms with Gasteiger partial charge in [0.05, 0.1) is 18.8 Å². The molecule has 0 atom stereocenters. The molecule has 2 aromatic carbocycles. The number of hydrogen-bond acceptors (Lipinski definition) is 5. The van der Waals surface area contributed by atoms with Crippen molar-refractivity contribution in [1.29, 1.82) is 0 Å². The minimum atomic E-state index is -0.795. The SMILES string of the molecule is CC(C)CCN(CC(=O)O)Cc1nc(-c2ccc(N(C)Cc3ccc(CC(C)C)cc3)cc2)cs1. The van der Waals surface area contributed by atoms with Crippen molar-refractivity contribution in [3.63, 3.8) is 0 Å². The van der Waals surface area contributed by atoms with Gasteiger partial charge >= 0.3 is 5.97 Å². The molecule has 0 saturated carbocycles. The molecule has 0 bridgehead atoms. The first-order valence-electron chi connectivity index (χ1n) is 12.5. The molecule has 0 aliphatic heterocycles. The molecule has 0 aliphatic carbocycles. The Bertz CT molecular complexity index is 1060. The monoisotopic (exact) mass is 493 g/mol. The van der Waals surface area contributed by atoms with E-state index in [4.69, 9.17) is 4.98 Å². The lowest BCUT2D eigenvalue weighted by molar-refractivity contribution is -0.138. The van der Waals surface area contributed by atoms with Gasteiger partial charge in [0.25, 0.3) is 0 Å². The zero-order valence-corrected chi connectivity index (χ0v) is 22.5. The molecule has 6 heteroatoms. The number of rotatable bonds is 13. The van der Waals surface area contributed by atoms with Crippen molar-refractivity contribution in [1.82, 2.24) is 9.88 Å². The second-order valence-corrected chi connectivity index (χ2v) is 11.2. The van der Waals surface area contributed by atoms with Gasteiger partial charge in [-0.2, -0.15) is 0 Å². The van der Waals surface area contributed by atoms with Gasteiger partial charge in [0.1, 0.15) is 5.01 Å². The number of carboxylic acid groups (broad SMARTS) is 1. The Morgan fingerprint density at radius 1 is 0.943 bits per heavy atom. The Labute approximate surface area is 214 Å². The fourth-order valence-electron chi connectivity index (χ4n) is 4.06. The first-order chi connectivity index (χ1) is 16.7. The van der Waals surface area contributed by atoms with Crippen LogP contribution in [0.15, 0.2) is 53.9 Å². The lowest BCUT2D eigenvalue weighted by Crippen LogP contribution is -2.30. The van der Waals surface area contributed by atoms with Gasteiger partial charge in [-0.15, -0.1) is 11.3 Å². The highest BCUT2D eigenvalue weighted by atomic mass is 32.1. The number of carbonyl (C=O) groups is 1. The summed E-state index contributed by atoms with van der Waals surface area (Å²) in [5, 5.41) is 12.3. The number of aromatic nitrogens is 1. The van der Waals surface area contributed by atoms with E-state index in [1.165, 1.54) is 11.1 Å². The van der Waals surface area contributed by atoms with Crippen LogP contribution in [-0.4, -0.2) is 41.1 Å². The Kier molecular flexibility index (Phi) is 9.87. The van der Waals surface area contributed by atoms with Crippen molar-refractivity contribution >= 4 is 23.0 Å². The molecule has 1 aromatic heterocycles. The molecule has 0 radical (unpaired) electrons. The van der Waals surface area contributed by atoms with Crippen molar-refractivity contribution in [3.05, 3.63) is 70.0 Å². The van der Waals surface area contributed by atoms with Gasteiger partial charge in [-0.05, 0) is 54.5 Å². The molecule has 0 saturated heterocycles. The second kappa shape index (κ2) is 12.8. The van der Waals surface area contributed by atoms with Crippen LogP contribution in [0.1, 0.15) is 50.3 Å². The summed E-state index contributed by atoms with van der Waals surface area (Å²) in [6.07, 6.45) is 2.09. The normalized spacial score (nSPS) is 11.5. The van der Waals surface area contributed by atoms with Gasteiger partial charge in [-0.25, -0.2) is 4.98 Å². The van der Waals surface area contributed by atoms with Crippen molar-refractivity contribution in [3.8, 4) is 11.3 Å². The zero-order chi connectivity index (χ0) is 25.4. The molecule has 3 rings (SSSR count). The third-order valence-corrected chi connectivity index (χ3v) is 6.82. The summed E-state index contributed by atoms with van der Waals surface area (Å²) in [4.78, 5) is 20.3. The number of thiazole rings is 1. The van der Waals surface area contributed by atoms with Crippen LogP contribution in [0.2, 0.25) is 0 Å². The highest BCUT2D eigenvalue weighted by Crippen LogP contribution is 2.26. The summed E-state index contributed by atoms with van der Waals surface area (Å²) in [5.74, 6) is 0.417. The predicted molar refractivity (Wildman–Crippen MR) is 147 cm³/mol. The van der Waals surface area contributed by atoms with E-state index in [0.29, 0.717) is 18.4 Å². The van der Waals surface area contributed by atoms with Gasteiger partial charge in [0.15, 0.2) is 0 Å². The molecular weight excluding hydrogens is 454 g/mol. The maximum atomic E-state index is 11.3. The number of aliphatic carboxylic acids is 1. The van der Waals surface area contributed by atoms with E-state index in [0.717, 1.165) is 47.9 Å². The lowest BCUT2D eigenvalue weighted by atomic mass is 10.0. The number of anilines is 1. The first-order valence-corrected chi connectivity index (χ1v) is 13.4. The van der Waals surface area contributed by atoms with Gasteiger partial charge < -0.3 is 10.0 Å². The minimum absolute atomic E-state index is 0.0448. The van der Waals surface area contributed by atoms with E-state index in [1.54, 1.807) is 11.3 Å².